The molecule has 0 bridgehead atoms. The van der Waals surface area contributed by atoms with E-state index in [0.29, 0.717) is 6.42 Å². The van der Waals surface area contributed by atoms with Crippen LogP contribution in [0, 0.1) is 0 Å². The van der Waals surface area contributed by atoms with Gasteiger partial charge in [-0.3, -0.25) is 4.79 Å². The normalized spacial score (nSPS) is 17.9. The van der Waals surface area contributed by atoms with E-state index in [4.69, 9.17) is 4.74 Å². The van der Waals surface area contributed by atoms with E-state index in [1.807, 2.05) is 24.3 Å². The van der Waals surface area contributed by atoms with Gasteiger partial charge in [-0.2, -0.15) is 0 Å². The lowest BCUT2D eigenvalue weighted by Gasteiger charge is -2.16. The molecule has 68 valence electrons. The summed E-state index contributed by atoms with van der Waals surface area (Å²) in [6.45, 7) is 0. The molecule has 0 fully saturated rings. The molecule has 0 saturated carbocycles. The average molecular weight is 184 g/mol. The fourth-order valence-corrected chi connectivity index (χ4v) is 1.87. The molecule has 0 radical (unpaired) electrons. The lowest BCUT2D eigenvalue weighted by molar-refractivity contribution is -0.113. The highest BCUT2D eigenvalue weighted by Crippen LogP contribution is 2.39. The molecule has 1 aromatic rings. The molecule has 0 saturated heterocycles. The van der Waals surface area contributed by atoms with Gasteiger partial charge >= 0.3 is 0 Å². The maximum atomic E-state index is 11.2. The standard InChI is InChI=1S/C12H8O2/c13-9-5-8-7-14-12-4-2-1-3-10(12)11(8)6-9/h1-4,6-7H,5H2. The molecule has 3 rings (SSSR count). The van der Waals surface area contributed by atoms with Gasteiger partial charge in [0.25, 0.3) is 0 Å². The van der Waals surface area contributed by atoms with Crippen molar-refractivity contribution < 1.29 is 9.53 Å². The summed E-state index contributed by atoms with van der Waals surface area (Å²) in [5.41, 5.74) is 3.04. The smallest absolute Gasteiger partial charge is 0.160 e. The highest BCUT2D eigenvalue weighted by atomic mass is 16.5. The van der Waals surface area contributed by atoms with Crippen molar-refractivity contribution in [2.45, 2.75) is 6.42 Å². The lowest BCUT2D eigenvalue weighted by Crippen LogP contribution is -1.99. The first-order valence-corrected chi connectivity index (χ1v) is 4.54. The van der Waals surface area contributed by atoms with Crippen molar-refractivity contribution in [1.29, 1.82) is 0 Å². The Labute approximate surface area is 81.5 Å². The van der Waals surface area contributed by atoms with E-state index < -0.39 is 0 Å². The van der Waals surface area contributed by atoms with Gasteiger partial charge in [-0.15, -0.1) is 0 Å². The molecule has 1 aromatic carbocycles. The summed E-state index contributed by atoms with van der Waals surface area (Å²) in [6.07, 6.45) is 3.86. The average Bonchev–Trinajstić information content (AvgIpc) is 2.59. The van der Waals surface area contributed by atoms with Crippen LogP contribution in [0.3, 0.4) is 0 Å². The molecule has 0 spiro atoms. The summed E-state index contributed by atoms with van der Waals surface area (Å²) in [7, 11) is 0. The van der Waals surface area contributed by atoms with Crippen LogP contribution in [0.1, 0.15) is 12.0 Å². The van der Waals surface area contributed by atoms with Gasteiger partial charge < -0.3 is 4.74 Å². The van der Waals surface area contributed by atoms with Gasteiger partial charge in [0, 0.05) is 17.6 Å². The Bertz CT molecular complexity index is 481. The number of para-hydroxylation sites is 1. The summed E-state index contributed by atoms with van der Waals surface area (Å²) in [4.78, 5) is 11.2. The molecule has 0 atom stereocenters. The van der Waals surface area contributed by atoms with Crippen LogP contribution in [0.4, 0.5) is 0 Å². The minimum absolute atomic E-state index is 0.159. The molecule has 1 aliphatic heterocycles. The Hall–Kier alpha value is -1.83. The van der Waals surface area contributed by atoms with Gasteiger partial charge in [0.15, 0.2) is 5.78 Å². The number of ketones is 1. The van der Waals surface area contributed by atoms with Crippen LogP contribution < -0.4 is 4.74 Å². The number of rotatable bonds is 0. The van der Waals surface area contributed by atoms with Crippen molar-refractivity contribution in [2.24, 2.45) is 0 Å². The number of carbonyl (C=O) groups excluding carboxylic acids is 1. The zero-order valence-electron chi connectivity index (χ0n) is 7.49. The fraction of sp³-hybridized carbons (Fsp3) is 0.0833. The molecule has 2 heteroatoms. The quantitative estimate of drug-likeness (QED) is 0.618. The summed E-state index contributed by atoms with van der Waals surface area (Å²) in [6, 6.07) is 7.77. The van der Waals surface area contributed by atoms with Crippen molar-refractivity contribution in [3.05, 3.63) is 47.7 Å². The minimum Gasteiger partial charge on any atom is -0.464 e. The molecule has 0 aromatic heterocycles. The molecule has 0 unspecified atom stereocenters. The highest BCUT2D eigenvalue weighted by molar-refractivity contribution is 6.09. The van der Waals surface area contributed by atoms with E-state index in [2.05, 4.69) is 0 Å². The second kappa shape index (κ2) is 2.58. The van der Waals surface area contributed by atoms with Crippen LogP contribution in [0.5, 0.6) is 5.75 Å². The molecule has 0 amide bonds. The molecular weight excluding hydrogens is 176 g/mol. The number of hydrogen-bond acceptors (Lipinski definition) is 2. The van der Waals surface area contributed by atoms with Crippen LogP contribution in [0.2, 0.25) is 0 Å². The third-order valence-electron chi connectivity index (χ3n) is 2.52. The van der Waals surface area contributed by atoms with Gasteiger partial charge in [-0.05, 0) is 17.7 Å². The fourth-order valence-electron chi connectivity index (χ4n) is 1.87. The maximum Gasteiger partial charge on any atom is 0.160 e. The van der Waals surface area contributed by atoms with E-state index in [9.17, 15) is 4.79 Å². The van der Waals surface area contributed by atoms with Gasteiger partial charge in [-0.1, -0.05) is 18.2 Å². The number of benzene rings is 1. The topological polar surface area (TPSA) is 26.3 Å². The van der Waals surface area contributed by atoms with E-state index in [1.165, 1.54) is 0 Å². The monoisotopic (exact) mass is 184 g/mol. The number of carbonyl (C=O) groups is 1. The minimum atomic E-state index is 0.159. The van der Waals surface area contributed by atoms with Crippen molar-refractivity contribution in [3.63, 3.8) is 0 Å². The summed E-state index contributed by atoms with van der Waals surface area (Å²) < 4.78 is 5.43. The molecule has 14 heavy (non-hydrogen) atoms. The lowest BCUT2D eigenvalue weighted by atomic mass is 9.99. The van der Waals surface area contributed by atoms with Crippen LogP contribution in [-0.2, 0) is 4.79 Å². The van der Waals surface area contributed by atoms with Gasteiger partial charge in [0.05, 0.1) is 6.26 Å². The van der Waals surface area contributed by atoms with Crippen molar-refractivity contribution in [2.75, 3.05) is 0 Å². The molecule has 1 aliphatic carbocycles. The third kappa shape index (κ3) is 0.940. The highest BCUT2D eigenvalue weighted by Gasteiger charge is 2.25. The predicted octanol–water partition coefficient (Wildman–Crippen LogP) is 2.32. The van der Waals surface area contributed by atoms with Crippen LogP contribution >= 0.6 is 0 Å². The molecule has 0 N–H and O–H groups in total. The van der Waals surface area contributed by atoms with Crippen molar-refractivity contribution in [1.82, 2.24) is 0 Å². The first-order valence-electron chi connectivity index (χ1n) is 4.54. The SMILES string of the molecule is O=C1C=C2C(=COc3ccccc32)C1. The Balaban J connectivity index is 2.23. The van der Waals surface area contributed by atoms with Crippen molar-refractivity contribution in [3.8, 4) is 5.75 Å². The molecular formula is C12H8O2. The van der Waals surface area contributed by atoms with E-state index in [-0.39, 0.29) is 5.78 Å². The van der Waals surface area contributed by atoms with Gasteiger partial charge in [0.1, 0.15) is 5.75 Å². The van der Waals surface area contributed by atoms with E-state index >= 15 is 0 Å². The molecule has 1 heterocycles. The summed E-state index contributed by atoms with van der Waals surface area (Å²) in [5.74, 6) is 0.990. The van der Waals surface area contributed by atoms with Crippen LogP contribution in [-0.4, -0.2) is 5.78 Å². The summed E-state index contributed by atoms with van der Waals surface area (Å²) >= 11 is 0. The Morgan fingerprint density at radius 1 is 1.21 bits per heavy atom. The van der Waals surface area contributed by atoms with Gasteiger partial charge in [0.2, 0.25) is 0 Å². The number of fused-ring (bicyclic) bond motifs is 3. The van der Waals surface area contributed by atoms with Crippen LogP contribution in [0.15, 0.2) is 42.2 Å². The zero-order chi connectivity index (χ0) is 9.54. The first-order chi connectivity index (χ1) is 6.84. The predicted molar refractivity (Wildman–Crippen MR) is 52.8 cm³/mol. The largest absolute Gasteiger partial charge is 0.464 e. The van der Waals surface area contributed by atoms with Gasteiger partial charge in [-0.25, -0.2) is 0 Å². The summed E-state index contributed by atoms with van der Waals surface area (Å²) in [5, 5.41) is 0. The van der Waals surface area contributed by atoms with Crippen LogP contribution in [0.25, 0.3) is 5.57 Å². The third-order valence-corrected chi connectivity index (χ3v) is 2.52. The second-order valence-corrected chi connectivity index (χ2v) is 3.46. The maximum absolute atomic E-state index is 11.2. The van der Waals surface area contributed by atoms with Crippen molar-refractivity contribution >= 4 is 11.4 Å². The second-order valence-electron chi connectivity index (χ2n) is 3.46. The number of allylic oxidation sites excluding steroid dienone is 3. The Morgan fingerprint density at radius 2 is 2.07 bits per heavy atom. The molecule has 2 aliphatic rings. The van der Waals surface area contributed by atoms with E-state index in [1.54, 1.807) is 12.3 Å². The zero-order valence-corrected chi connectivity index (χ0v) is 7.49. The Kier molecular flexibility index (Phi) is 1.39. The number of hydrogen-bond donors (Lipinski definition) is 0. The number of ether oxygens (including phenoxy) is 1. The van der Waals surface area contributed by atoms with E-state index in [0.717, 1.165) is 22.5 Å². The first kappa shape index (κ1) is 7.56. The Morgan fingerprint density at radius 3 is 3.00 bits per heavy atom. The molecule has 2 nitrogen and oxygen atoms in total.